The zero-order valence-corrected chi connectivity index (χ0v) is 32.2. The van der Waals surface area contributed by atoms with E-state index in [1.165, 1.54) is 22.3 Å². The molecule has 0 unspecified atom stereocenters. The number of nitrogens with zero attached hydrogens (tertiary/aromatic N) is 4. The van der Waals surface area contributed by atoms with Gasteiger partial charge in [0.15, 0.2) is 5.82 Å². The second-order valence-corrected chi connectivity index (χ2v) is 15.2. The molecule has 1 spiro atoms. The average Bonchev–Trinajstić information content (AvgIpc) is 3.62. The molecule has 0 amide bonds. The Balaban J connectivity index is 1.08. The summed E-state index contributed by atoms with van der Waals surface area (Å²) in [7, 11) is 0. The van der Waals surface area contributed by atoms with Gasteiger partial charge in [0.1, 0.15) is 11.5 Å². The van der Waals surface area contributed by atoms with Crippen molar-refractivity contribution in [3.8, 4) is 90.9 Å². The van der Waals surface area contributed by atoms with E-state index in [2.05, 4.69) is 140 Å². The normalized spacial score (nSPS) is 12.6. The third-order valence-corrected chi connectivity index (χ3v) is 11.8. The highest BCUT2D eigenvalue weighted by molar-refractivity contribution is 5.89. The third-order valence-electron chi connectivity index (χ3n) is 11.8. The highest BCUT2D eigenvalue weighted by Crippen LogP contribution is 2.62. The number of hydrogen-bond acceptors (Lipinski definition) is 5. The van der Waals surface area contributed by atoms with E-state index < -0.39 is 5.41 Å². The zero-order chi connectivity index (χ0) is 40.2. The van der Waals surface area contributed by atoms with E-state index in [-0.39, 0.29) is 0 Å². The van der Waals surface area contributed by atoms with Gasteiger partial charge in [-0.15, -0.1) is 0 Å². The summed E-state index contributed by atoms with van der Waals surface area (Å²) in [6, 6.07) is 70.8. The van der Waals surface area contributed by atoms with Crippen LogP contribution < -0.4 is 4.74 Å². The van der Waals surface area contributed by atoms with Crippen molar-refractivity contribution in [2.75, 3.05) is 0 Å². The van der Waals surface area contributed by atoms with Crippen molar-refractivity contribution in [3.05, 3.63) is 228 Å². The first-order valence-electron chi connectivity index (χ1n) is 19.8. The van der Waals surface area contributed by atoms with Gasteiger partial charge in [-0.1, -0.05) is 158 Å². The maximum atomic E-state index is 9.57. The Morgan fingerprint density at radius 3 is 1.35 bits per heavy atom. The van der Waals surface area contributed by atoms with Crippen LogP contribution in [0.15, 0.2) is 194 Å². The molecule has 0 saturated carbocycles. The fourth-order valence-corrected chi connectivity index (χ4v) is 9.10. The van der Waals surface area contributed by atoms with Crippen molar-refractivity contribution < 1.29 is 4.74 Å². The minimum atomic E-state index is -0.636. The lowest BCUT2D eigenvalue weighted by Gasteiger charge is -2.39. The third kappa shape index (κ3) is 5.53. The molecule has 1 aromatic heterocycles. The first-order chi connectivity index (χ1) is 29.6. The van der Waals surface area contributed by atoms with Gasteiger partial charge in [0.25, 0.3) is 0 Å². The van der Waals surface area contributed by atoms with Gasteiger partial charge in [-0.25, -0.2) is 9.97 Å². The number of aromatic nitrogens is 2. The molecule has 5 heteroatoms. The average molecular weight is 765 g/mol. The van der Waals surface area contributed by atoms with Crippen LogP contribution in [-0.2, 0) is 5.41 Å². The van der Waals surface area contributed by atoms with E-state index in [9.17, 15) is 10.5 Å². The summed E-state index contributed by atoms with van der Waals surface area (Å²) < 4.78 is 7.08. The molecule has 0 atom stereocenters. The van der Waals surface area contributed by atoms with Crippen LogP contribution in [0.2, 0.25) is 0 Å². The first-order valence-corrected chi connectivity index (χ1v) is 19.8. The van der Waals surface area contributed by atoms with Crippen molar-refractivity contribution in [2.45, 2.75) is 5.41 Å². The molecule has 11 rings (SSSR count). The molecule has 8 aromatic carbocycles. The zero-order valence-electron chi connectivity index (χ0n) is 32.2. The molecule has 0 N–H and O–H groups in total. The van der Waals surface area contributed by atoms with Gasteiger partial charge in [0, 0.05) is 27.8 Å². The largest absolute Gasteiger partial charge is 0.457 e. The van der Waals surface area contributed by atoms with Gasteiger partial charge in [0.05, 0.1) is 40.1 Å². The summed E-state index contributed by atoms with van der Waals surface area (Å²) in [5.74, 6) is 2.14. The van der Waals surface area contributed by atoms with Crippen LogP contribution >= 0.6 is 0 Å². The highest BCUT2D eigenvalue weighted by atomic mass is 16.5. The van der Waals surface area contributed by atoms with E-state index in [0.29, 0.717) is 17.0 Å². The minimum absolute atomic E-state index is 0.458. The van der Waals surface area contributed by atoms with Crippen LogP contribution in [0.3, 0.4) is 0 Å². The SMILES string of the molecule is N#Cc1cc(C#N)cc(-c2ccc(-c3ccc4c(c3)Oc3cc(-c5nc(-c6ccccc6)cc(-c6ccccc6)n5)ccc3C43c4ccccc4-c4ccccc43)cc2)c1. The molecular formula is C55H32N4O. The molecule has 60 heavy (non-hydrogen) atoms. The second kappa shape index (κ2) is 13.9. The number of rotatable bonds is 5. The summed E-state index contributed by atoms with van der Waals surface area (Å²) in [5, 5.41) is 19.1. The Hall–Kier alpha value is -8.38. The maximum Gasteiger partial charge on any atom is 0.160 e. The number of hydrogen-bond donors (Lipinski definition) is 0. The summed E-state index contributed by atoms with van der Waals surface area (Å²) in [5.41, 5.74) is 15.6. The molecule has 0 radical (unpaired) electrons. The Bertz CT molecular complexity index is 3120. The molecule has 0 fully saturated rings. The second-order valence-electron chi connectivity index (χ2n) is 15.2. The smallest absolute Gasteiger partial charge is 0.160 e. The molecule has 0 saturated heterocycles. The summed E-state index contributed by atoms with van der Waals surface area (Å²) in [6.07, 6.45) is 0. The number of ether oxygens (including phenoxy) is 1. The standard InChI is InChI=1S/C55H32N4O/c56-33-35-27-36(34-57)29-43(28-35)38-21-19-37(20-22-38)41-23-25-48-52(30-41)60-53-31-42(24-26-49(53)55(48)46-17-9-7-15-44(46)45-16-8-10-18-47(45)55)54-58-50(39-11-3-1-4-12-39)32-51(59-54)40-13-5-2-6-14-40/h1-32H. The van der Waals surface area contributed by atoms with Gasteiger partial charge in [-0.3, -0.25) is 0 Å². The molecule has 2 heterocycles. The summed E-state index contributed by atoms with van der Waals surface area (Å²) in [4.78, 5) is 10.3. The van der Waals surface area contributed by atoms with Crippen molar-refractivity contribution >= 4 is 0 Å². The van der Waals surface area contributed by atoms with Gasteiger partial charge in [-0.2, -0.15) is 10.5 Å². The molecular weight excluding hydrogens is 733 g/mol. The predicted octanol–water partition coefficient (Wildman–Crippen LogP) is 13.0. The van der Waals surface area contributed by atoms with E-state index in [1.54, 1.807) is 6.07 Å². The van der Waals surface area contributed by atoms with Crippen LogP contribution in [0, 0.1) is 22.7 Å². The summed E-state index contributed by atoms with van der Waals surface area (Å²) in [6.45, 7) is 0. The van der Waals surface area contributed by atoms with Crippen molar-refractivity contribution in [1.29, 1.82) is 10.5 Å². The molecule has 9 aromatic rings. The lowest BCUT2D eigenvalue weighted by molar-refractivity contribution is 0.437. The number of fused-ring (bicyclic) bond motifs is 9. The van der Waals surface area contributed by atoms with E-state index in [4.69, 9.17) is 14.7 Å². The minimum Gasteiger partial charge on any atom is -0.457 e. The quantitative estimate of drug-likeness (QED) is 0.174. The Labute approximate surface area is 347 Å². The Kier molecular flexibility index (Phi) is 8.08. The maximum absolute atomic E-state index is 9.57. The van der Waals surface area contributed by atoms with Crippen molar-refractivity contribution in [2.24, 2.45) is 0 Å². The molecule has 2 aliphatic rings. The van der Waals surface area contributed by atoms with Gasteiger partial charge >= 0.3 is 0 Å². The fraction of sp³-hybridized carbons (Fsp3) is 0.0182. The number of benzene rings is 8. The highest BCUT2D eigenvalue weighted by Gasteiger charge is 2.51. The van der Waals surface area contributed by atoms with Crippen molar-refractivity contribution in [1.82, 2.24) is 9.97 Å². The first kappa shape index (κ1) is 34.8. The van der Waals surface area contributed by atoms with Gasteiger partial charge < -0.3 is 4.74 Å². The van der Waals surface area contributed by atoms with E-state index in [1.807, 2.05) is 60.7 Å². The van der Waals surface area contributed by atoms with Crippen LogP contribution in [0.5, 0.6) is 11.5 Å². The lowest BCUT2D eigenvalue weighted by Crippen LogP contribution is -2.32. The lowest BCUT2D eigenvalue weighted by atomic mass is 9.66. The van der Waals surface area contributed by atoms with E-state index >= 15 is 0 Å². The van der Waals surface area contributed by atoms with Gasteiger partial charge in [-0.05, 0) is 80.9 Å². The Morgan fingerprint density at radius 2 is 0.817 bits per heavy atom. The molecule has 0 bridgehead atoms. The van der Waals surface area contributed by atoms with Crippen LogP contribution in [-0.4, -0.2) is 9.97 Å². The predicted molar refractivity (Wildman–Crippen MR) is 236 cm³/mol. The topological polar surface area (TPSA) is 82.6 Å². The number of nitriles is 2. The fourth-order valence-electron chi connectivity index (χ4n) is 9.10. The molecule has 1 aliphatic heterocycles. The Morgan fingerprint density at radius 1 is 0.367 bits per heavy atom. The van der Waals surface area contributed by atoms with Crippen molar-refractivity contribution in [3.63, 3.8) is 0 Å². The molecule has 5 nitrogen and oxygen atoms in total. The molecule has 1 aliphatic carbocycles. The van der Waals surface area contributed by atoms with Gasteiger partial charge in [0.2, 0.25) is 0 Å². The van der Waals surface area contributed by atoms with Crippen LogP contribution in [0.25, 0.3) is 67.3 Å². The molecule has 278 valence electrons. The van der Waals surface area contributed by atoms with Crippen LogP contribution in [0.1, 0.15) is 33.4 Å². The monoisotopic (exact) mass is 764 g/mol. The van der Waals surface area contributed by atoms with E-state index in [0.717, 1.165) is 73.0 Å². The van der Waals surface area contributed by atoms with Crippen LogP contribution in [0.4, 0.5) is 0 Å². The summed E-state index contributed by atoms with van der Waals surface area (Å²) >= 11 is 0.